The number of hydrogen-bond donors (Lipinski definition) is 0. The molecule has 0 atom stereocenters. The number of rotatable bonds is 12. The molecule has 73 heavy (non-hydrogen) atoms. The number of aromatic nitrogens is 4. The van der Waals surface area contributed by atoms with Gasteiger partial charge in [0, 0.05) is 44.9 Å². The van der Waals surface area contributed by atoms with E-state index < -0.39 is 0 Å². The molecule has 0 bridgehead atoms. The lowest BCUT2D eigenvalue weighted by Crippen LogP contribution is -2.06. The number of benzene rings is 7. The molecule has 0 radical (unpaired) electrons. The van der Waals surface area contributed by atoms with Crippen LogP contribution in [0.3, 0.4) is 0 Å². The lowest BCUT2D eigenvalue weighted by molar-refractivity contribution is 0.484. The number of fused-ring (bicyclic) bond motifs is 9. The van der Waals surface area contributed by atoms with Crippen LogP contribution in [0.4, 0.5) is 0 Å². The van der Waals surface area contributed by atoms with Crippen molar-refractivity contribution < 1.29 is 4.74 Å². The molecule has 0 N–H and O–H groups in total. The van der Waals surface area contributed by atoms with E-state index in [0.29, 0.717) is 23.7 Å². The van der Waals surface area contributed by atoms with Crippen LogP contribution in [0.25, 0.3) is 88.5 Å². The second kappa shape index (κ2) is 18.8. The number of pyridine rings is 2. The van der Waals surface area contributed by atoms with Crippen molar-refractivity contribution >= 4 is 49.1 Å². The van der Waals surface area contributed by atoms with E-state index in [4.69, 9.17) is 14.7 Å². The van der Waals surface area contributed by atoms with Gasteiger partial charge in [-0.2, -0.15) is 0 Å². The number of hydrogen-bond acceptors (Lipinski definition) is 3. The molecule has 0 saturated heterocycles. The Labute approximate surface area is 431 Å². The Kier molecular flexibility index (Phi) is 12.3. The number of imidazole rings is 1. The van der Waals surface area contributed by atoms with Gasteiger partial charge in [-0.1, -0.05) is 162 Å². The molecule has 0 aliphatic heterocycles. The fourth-order valence-corrected chi connectivity index (χ4v) is 11.8. The van der Waals surface area contributed by atoms with E-state index >= 15 is 0 Å². The molecule has 11 aromatic rings. The fraction of sp³-hybridized carbons (Fsp3) is 0.265. The Bertz CT molecular complexity index is 3820. The second-order valence-electron chi connectivity index (χ2n) is 22.1. The second-order valence-corrected chi connectivity index (χ2v) is 22.1. The zero-order valence-electron chi connectivity index (χ0n) is 44.7. The van der Waals surface area contributed by atoms with Gasteiger partial charge in [0.25, 0.3) is 0 Å². The van der Waals surface area contributed by atoms with Gasteiger partial charge in [0.15, 0.2) is 0 Å². The lowest BCUT2D eigenvalue weighted by atomic mass is 9.80. The van der Waals surface area contributed by atoms with Crippen molar-refractivity contribution in [2.45, 2.75) is 119 Å². The zero-order chi connectivity index (χ0) is 51.0. The van der Waals surface area contributed by atoms with Crippen LogP contribution in [0, 0.1) is 0 Å². The Morgan fingerprint density at radius 2 is 0.918 bits per heavy atom. The van der Waals surface area contributed by atoms with Crippen LogP contribution in [0.2, 0.25) is 0 Å². The topological polar surface area (TPSA) is 44.3 Å². The average molecular weight is 957 g/mol. The normalized spacial score (nSPS) is 12.3. The number of para-hydroxylation sites is 1. The van der Waals surface area contributed by atoms with Crippen LogP contribution in [0.15, 0.2) is 158 Å². The highest BCUT2D eigenvalue weighted by Gasteiger charge is 2.28. The minimum Gasteiger partial charge on any atom is -0.457 e. The van der Waals surface area contributed by atoms with Crippen LogP contribution in [-0.2, 0) is 0 Å². The monoisotopic (exact) mass is 957 g/mol. The summed E-state index contributed by atoms with van der Waals surface area (Å²) in [6.45, 7) is 28.0. The molecule has 11 rings (SSSR count). The van der Waals surface area contributed by atoms with Gasteiger partial charge in [-0.05, 0) is 152 Å². The van der Waals surface area contributed by atoms with Crippen molar-refractivity contribution in [3.05, 3.63) is 191 Å². The summed E-state index contributed by atoms with van der Waals surface area (Å²) in [7, 11) is 0. The van der Waals surface area contributed by atoms with Crippen molar-refractivity contribution in [1.82, 2.24) is 18.9 Å². The first-order valence-electron chi connectivity index (χ1n) is 26.6. The van der Waals surface area contributed by atoms with Crippen molar-refractivity contribution in [1.29, 1.82) is 0 Å². The van der Waals surface area contributed by atoms with Gasteiger partial charge >= 0.3 is 0 Å². The van der Waals surface area contributed by atoms with Crippen molar-refractivity contribution in [3.63, 3.8) is 0 Å². The molecule has 0 spiro atoms. The first kappa shape index (κ1) is 47.8. The molecular formula is C68H68N4O. The first-order chi connectivity index (χ1) is 35.2. The highest BCUT2D eigenvalue weighted by Crippen LogP contribution is 2.49. The average Bonchev–Trinajstić information content (AvgIpc) is 3.98. The number of nitrogens with zero attached hydrogens (tertiary/aromatic N) is 4. The van der Waals surface area contributed by atoms with Crippen LogP contribution in [0.1, 0.15) is 152 Å². The van der Waals surface area contributed by atoms with E-state index in [1.54, 1.807) is 0 Å². The summed E-state index contributed by atoms with van der Waals surface area (Å²) in [5.41, 5.74) is 19.9. The van der Waals surface area contributed by atoms with Gasteiger partial charge in [0.05, 0.1) is 28.4 Å². The third-order valence-corrected chi connectivity index (χ3v) is 15.3. The maximum Gasteiger partial charge on any atom is 0.145 e. The van der Waals surface area contributed by atoms with E-state index in [-0.39, 0.29) is 11.8 Å². The molecule has 0 saturated carbocycles. The molecule has 0 amide bonds. The van der Waals surface area contributed by atoms with Gasteiger partial charge < -0.3 is 4.74 Å². The Morgan fingerprint density at radius 3 is 1.49 bits per heavy atom. The van der Waals surface area contributed by atoms with E-state index in [9.17, 15) is 0 Å². The zero-order valence-corrected chi connectivity index (χ0v) is 44.7. The van der Waals surface area contributed by atoms with Gasteiger partial charge in [-0.3, -0.25) is 8.97 Å². The Hall–Kier alpha value is -7.50. The van der Waals surface area contributed by atoms with Crippen molar-refractivity contribution in [3.8, 4) is 50.8 Å². The molecule has 366 valence electrons. The third-order valence-electron chi connectivity index (χ3n) is 15.3. The summed E-state index contributed by atoms with van der Waals surface area (Å²) < 4.78 is 11.8. The van der Waals surface area contributed by atoms with Crippen molar-refractivity contribution in [2.75, 3.05) is 0 Å². The SMILES string of the molecule is CC(C)c1cccc(C(C)C)c1-c1cc(-c2c(C(C)C)cccc2C(C)C)c2c(c1)c1ccc(Oc3ccc4c5ccccc5n(-c5ccccn5)c4c3)cc1c1ncc(-c3c(C(C)C)cccc3C(C)C)n12. The molecule has 0 aliphatic rings. The predicted octanol–water partition coefficient (Wildman–Crippen LogP) is 19.7. The van der Waals surface area contributed by atoms with Gasteiger partial charge in [0.2, 0.25) is 0 Å². The highest BCUT2D eigenvalue weighted by atomic mass is 16.5. The van der Waals surface area contributed by atoms with Crippen LogP contribution in [-0.4, -0.2) is 18.9 Å². The first-order valence-corrected chi connectivity index (χ1v) is 26.6. The Morgan fingerprint density at radius 1 is 0.397 bits per heavy atom. The molecule has 4 aromatic heterocycles. The fourth-order valence-electron chi connectivity index (χ4n) is 11.8. The summed E-state index contributed by atoms with van der Waals surface area (Å²) in [6, 6.07) is 53.6. The van der Waals surface area contributed by atoms with E-state index in [2.05, 4.69) is 232 Å². The third kappa shape index (κ3) is 8.09. The van der Waals surface area contributed by atoms with Crippen LogP contribution < -0.4 is 4.74 Å². The molecule has 5 heteroatoms. The summed E-state index contributed by atoms with van der Waals surface area (Å²) >= 11 is 0. The van der Waals surface area contributed by atoms with Gasteiger partial charge in [-0.15, -0.1) is 0 Å². The molecule has 4 heterocycles. The van der Waals surface area contributed by atoms with Crippen LogP contribution >= 0.6 is 0 Å². The molecule has 0 unspecified atom stereocenters. The smallest absolute Gasteiger partial charge is 0.145 e. The quantitative estimate of drug-likeness (QED) is 0.115. The van der Waals surface area contributed by atoms with E-state index in [1.807, 2.05) is 18.3 Å². The molecule has 0 aliphatic carbocycles. The van der Waals surface area contributed by atoms with Crippen molar-refractivity contribution in [2.24, 2.45) is 0 Å². The van der Waals surface area contributed by atoms with Crippen LogP contribution in [0.5, 0.6) is 11.5 Å². The maximum atomic E-state index is 7.02. The molecule has 7 aromatic carbocycles. The van der Waals surface area contributed by atoms with Gasteiger partial charge in [-0.25, -0.2) is 9.97 Å². The molecule has 0 fully saturated rings. The lowest BCUT2D eigenvalue weighted by Gasteiger charge is -2.26. The van der Waals surface area contributed by atoms with E-state index in [0.717, 1.165) is 55.9 Å². The van der Waals surface area contributed by atoms with Gasteiger partial charge in [0.1, 0.15) is 23.0 Å². The van der Waals surface area contributed by atoms with E-state index in [1.165, 1.54) is 77.5 Å². The summed E-state index contributed by atoms with van der Waals surface area (Å²) in [6.07, 6.45) is 4.01. The highest BCUT2D eigenvalue weighted by molar-refractivity contribution is 6.18. The standard InChI is InChI=1S/C68H68N4O/c1-39(2)48-21-17-22-49(40(3)4)64(48)45-34-57-54-31-29-46(73-47-30-32-56-55-20-13-14-27-60(55)71(61(56)37-47)63-28-15-16-33-69-63)36-58(54)68-70-38-62(66-52(43(9)10)25-19-26-53(66)44(11)12)72(68)67(57)59(35-45)65-50(41(5)6)23-18-24-51(65)42(7)8/h13-44H,1-12H3. The minimum absolute atomic E-state index is 0.290. The summed E-state index contributed by atoms with van der Waals surface area (Å²) in [5.74, 6) is 4.19. The maximum absolute atomic E-state index is 7.02. The molecular weight excluding hydrogens is 889 g/mol. The summed E-state index contributed by atoms with van der Waals surface area (Å²) in [4.78, 5) is 10.3. The predicted molar refractivity (Wildman–Crippen MR) is 310 cm³/mol. The largest absolute Gasteiger partial charge is 0.457 e. The summed E-state index contributed by atoms with van der Waals surface area (Å²) in [5, 5.41) is 5.70. The Balaban J connectivity index is 1.27. The minimum atomic E-state index is 0.290. The molecule has 5 nitrogen and oxygen atoms in total. The number of ether oxygens (including phenoxy) is 1.